The normalized spacial score (nSPS) is 17.8. The highest BCUT2D eigenvalue weighted by Crippen LogP contribution is 2.29. The number of imidazole rings is 1. The predicted molar refractivity (Wildman–Crippen MR) is 88.0 cm³/mol. The Labute approximate surface area is 130 Å². The highest BCUT2D eigenvalue weighted by Gasteiger charge is 2.21. The fraction of sp³-hybridized carbons (Fsp3) is 0.625. The molecule has 114 valence electrons. The summed E-state index contributed by atoms with van der Waals surface area (Å²) >= 11 is 1.73. The molecule has 3 rings (SSSR count). The summed E-state index contributed by atoms with van der Waals surface area (Å²) < 4.78 is 2.28. The third-order valence-corrected chi connectivity index (χ3v) is 5.13. The van der Waals surface area contributed by atoms with Gasteiger partial charge < -0.3 is 9.88 Å². The van der Waals surface area contributed by atoms with Crippen LogP contribution in [0.4, 0.5) is 5.95 Å². The fourth-order valence-electron chi connectivity index (χ4n) is 3.18. The van der Waals surface area contributed by atoms with E-state index in [1.54, 1.807) is 11.3 Å². The van der Waals surface area contributed by atoms with Crippen LogP contribution in [0, 0.1) is 6.92 Å². The van der Waals surface area contributed by atoms with Gasteiger partial charge in [-0.1, -0.05) is 26.2 Å². The molecule has 0 saturated heterocycles. The first-order valence-electron chi connectivity index (χ1n) is 7.99. The smallest absolute Gasteiger partial charge is 0.203 e. The van der Waals surface area contributed by atoms with Gasteiger partial charge in [0.2, 0.25) is 5.95 Å². The van der Waals surface area contributed by atoms with Crippen molar-refractivity contribution in [2.45, 2.75) is 64.5 Å². The molecule has 1 unspecified atom stereocenters. The Morgan fingerprint density at radius 1 is 1.38 bits per heavy atom. The number of hydrogen-bond donors (Lipinski definition) is 1. The van der Waals surface area contributed by atoms with Gasteiger partial charge in [-0.3, -0.25) is 0 Å². The van der Waals surface area contributed by atoms with Crippen LogP contribution in [0.3, 0.4) is 0 Å². The Morgan fingerprint density at radius 3 is 2.86 bits per heavy atom. The number of hydrogen-bond acceptors (Lipinski definition) is 4. The lowest BCUT2D eigenvalue weighted by Gasteiger charge is -2.25. The molecule has 0 radical (unpaired) electrons. The van der Waals surface area contributed by atoms with Gasteiger partial charge in [0.15, 0.2) is 0 Å². The van der Waals surface area contributed by atoms with Crippen LogP contribution in [0.2, 0.25) is 0 Å². The minimum absolute atomic E-state index is 0.289. The topological polar surface area (TPSA) is 42.7 Å². The van der Waals surface area contributed by atoms with E-state index in [2.05, 4.69) is 40.3 Å². The van der Waals surface area contributed by atoms with Crippen molar-refractivity contribution in [3.8, 4) is 0 Å². The minimum atomic E-state index is 0.289. The molecule has 21 heavy (non-hydrogen) atoms. The second kappa shape index (κ2) is 6.60. The van der Waals surface area contributed by atoms with E-state index < -0.39 is 0 Å². The van der Waals surface area contributed by atoms with E-state index in [4.69, 9.17) is 4.98 Å². The molecule has 0 amide bonds. The summed E-state index contributed by atoms with van der Waals surface area (Å²) in [6, 6.07) is 0.866. The number of aromatic nitrogens is 3. The number of rotatable bonds is 5. The number of aryl methyl sites for hydroxylation is 1. The van der Waals surface area contributed by atoms with Crippen LogP contribution in [-0.2, 0) is 0 Å². The summed E-state index contributed by atoms with van der Waals surface area (Å²) in [5.74, 6) is 1.02. The molecule has 0 spiro atoms. The van der Waals surface area contributed by atoms with Crippen molar-refractivity contribution in [3.05, 3.63) is 28.5 Å². The molecule has 0 aromatic carbocycles. The van der Waals surface area contributed by atoms with Gasteiger partial charge in [0.05, 0.1) is 11.7 Å². The molecular formula is C16H24N4S. The second-order valence-corrected chi connectivity index (χ2v) is 6.81. The Kier molecular flexibility index (Phi) is 4.58. The molecule has 4 nitrogen and oxygen atoms in total. The standard InChI is InChI=1S/C16H24N4S/c1-3-14(15-17-9-10-21-15)20-11-12(2)18-16(20)19-13-7-5-4-6-8-13/h9-11,13-14H,3-8H2,1-2H3,(H,18,19). The number of nitrogens with one attached hydrogen (secondary N) is 1. The SMILES string of the molecule is CCC(c1nccs1)n1cc(C)nc1NC1CCCCC1. The van der Waals surface area contributed by atoms with Crippen molar-refractivity contribution in [1.29, 1.82) is 0 Å². The monoisotopic (exact) mass is 304 g/mol. The van der Waals surface area contributed by atoms with Gasteiger partial charge in [0.25, 0.3) is 0 Å². The quantitative estimate of drug-likeness (QED) is 0.890. The average Bonchev–Trinajstić information content (AvgIpc) is 3.12. The van der Waals surface area contributed by atoms with E-state index in [-0.39, 0.29) is 6.04 Å². The van der Waals surface area contributed by atoms with Gasteiger partial charge in [-0.05, 0) is 26.2 Å². The molecule has 2 aromatic heterocycles. The first-order chi connectivity index (χ1) is 10.3. The predicted octanol–water partition coefficient (Wildman–Crippen LogP) is 4.39. The first kappa shape index (κ1) is 14.6. The van der Waals surface area contributed by atoms with Crippen LogP contribution in [0.15, 0.2) is 17.8 Å². The summed E-state index contributed by atoms with van der Waals surface area (Å²) in [7, 11) is 0. The Hall–Kier alpha value is -1.36. The summed E-state index contributed by atoms with van der Waals surface area (Å²) in [4.78, 5) is 9.22. The molecular weight excluding hydrogens is 280 g/mol. The third-order valence-electron chi connectivity index (χ3n) is 4.25. The van der Waals surface area contributed by atoms with E-state index in [1.165, 1.54) is 37.1 Å². The van der Waals surface area contributed by atoms with Crippen LogP contribution in [0.1, 0.15) is 62.2 Å². The van der Waals surface area contributed by atoms with Crippen molar-refractivity contribution in [2.75, 3.05) is 5.32 Å². The van der Waals surface area contributed by atoms with Crippen molar-refractivity contribution in [1.82, 2.24) is 14.5 Å². The zero-order valence-corrected chi connectivity index (χ0v) is 13.7. The summed E-state index contributed by atoms with van der Waals surface area (Å²) in [6.07, 6.45) is 11.6. The van der Waals surface area contributed by atoms with E-state index in [1.807, 2.05) is 6.20 Å². The van der Waals surface area contributed by atoms with Gasteiger partial charge in [0, 0.05) is 23.8 Å². The Balaban J connectivity index is 1.84. The zero-order chi connectivity index (χ0) is 14.7. The minimum Gasteiger partial charge on any atom is -0.353 e. The highest BCUT2D eigenvalue weighted by molar-refractivity contribution is 7.09. The molecule has 0 bridgehead atoms. The van der Waals surface area contributed by atoms with Gasteiger partial charge in [-0.15, -0.1) is 11.3 Å². The third kappa shape index (κ3) is 3.28. The van der Waals surface area contributed by atoms with Gasteiger partial charge in [0.1, 0.15) is 5.01 Å². The van der Waals surface area contributed by atoms with Crippen LogP contribution in [0.5, 0.6) is 0 Å². The van der Waals surface area contributed by atoms with E-state index in [0.29, 0.717) is 6.04 Å². The summed E-state index contributed by atoms with van der Waals surface area (Å²) in [5, 5.41) is 6.90. The van der Waals surface area contributed by atoms with Gasteiger partial charge in [-0.2, -0.15) is 0 Å². The second-order valence-electron chi connectivity index (χ2n) is 5.89. The lowest BCUT2D eigenvalue weighted by atomic mass is 9.96. The van der Waals surface area contributed by atoms with Crippen LogP contribution < -0.4 is 5.32 Å². The number of anilines is 1. The molecule has 2 aromatic rings. The Morgan fingerprint density at radius 2 is 2.19 bits per heavy atom. The summed E-state index contributed by atoms with van der Waals surface area (Å²) in [5.41, 5.74) is 1.07. The largest absolute Gasteiger partial charge is 0.353 e. The zero-order valence-electron chi connectivity index (χ0n) is 12.9. The van der Waals surface area contributed by atoms with Gasteiger partial charge in [-0.25, -0.2) is 9.97 Å². The fourth-order valence-corrected chi connectivity index (χ4v) is 4.00. The maximum absolute atomic E-state index is 4.71. The number of nitrogens with zero attached hydrogens (tertiary/aromatic N) is 3. The lowest BCUT2D eigenvalue weighted by molar-refractivity contribution is 0.456. The first-order valence-corrected chi connectivity index (χ1v) is 8.87. The Bertz CT molecular complexity index is 555. The maximum Gasteiger partial charge on any atom is 0.203 e. The molecule has 1 aliphatic carbocycles. The highest BCUT2D eigenvalue weighted by atomic mass is 32.1. The molecule has 2 heterocycles. The van der Waals surface area contributed by atoms with Crippen molar-refractivity contribution < 1.29 is 0 Å². The van der Waals surface area contributed by atoms with E-state index in [0.717, 1.165) is 18.1 Å². The number of thiazole rings is 1. The van der Waals surface area contributed by atoms with Crippen molar-refractivity contribution in [3.63, 3.8) is 0 Å². The van der Waals surface area contributed by atoms with Crippen LogP contribution >= 0.6 is 11.3 Å². The van der Waals surface area contributed by atoms with Crippen LogP contribution in [-0.4, -0.2) is 20.6 Å². The van der Waals surface area contributed by atoms with Gasteiger partial charge >= 0.3 is 0 Å². The summed E-state index contributed by atoms with van der Waals surface area (Å²) in [6.45, 7) is 4.28. The van der Waals surface area contributed by atoms with Crippen molar-refractivity contribution in [2.24, 2.45) is 0 Å². The van der Waals surface area contributed by atoms with E-state index >= 15 is 0 Å². The van der Waals surface area contributed by atoms with Crippen LogP contribution in [0.25, 0.3) is 0 Å². The molecule has 1 atom stereocenters. The molecule has 1 N–H and O–H groups in total. The molecule has 1 saturated carbocycles. The lowest BCUT2D eigenvalue weighted by Crippen LogP contribution is -2.25. The van der Waals surface area contributed by atoms with E-state index in [9.17, 15) is 0 Å². The molecule has 0 aliphatic heterocycles. The molecule has 1 aliphatic rings. The molecule has 5 heteroatoms. The maximum atomic E-state index is 4.71. The average molecular weight is 304 g/mol. The molecule has 1 fully saturated rings. The van der Waals surface area contributed by atoms with Crippen molar-refractivity contribution >= 4 is 17.3 Å².